The molecule has 1 rings (SSSR count). The molecule has 98 valence electrons. The molecule has 0 saturated heterocycles. The van der Waals surface area contributed by atoms with Crippen LogP contribution in [0.5, 0.6) is 0 Å². The van der Waals surface area contributed by atoms with E-state index in [0.29, 0.717) is 6.54 Å². The summed E-state index contributed by atoms with van der Waals surface area (Å²) < 4.78 is 0. The van der Waals surface area contributed by atoms with Crippen LogP contribution in [0.15, 0.2) is 43.0 Å². The van der Waals surface area contributed by atoms with Crippen LogP contribution in [0, 0.1) is 0 Å². The number of benzene rings is 1. The molecule has 4 heteroatoms. The number of aliphatic hydroxyl groups excluding tert-OH is 1. The van der Waals surface area contributed by atoms with Gasteiger partial charge in [-0.2, -0.15) is 0 Å². The topological polar surface area (TPSA) is 61.4 Å². The lowest BCUT2D eigenvalue weighted by Crippen LogP contribution is -2.44. The SMILES string of the molecule is C=CCNC(=O)C(C)NC(CO)c1ccccc1. The molecule has 0 spiro atoms. The first kappa shape index (κ1) is 14.4. The lowest BCUT2D eigenvalue weighted by atomic mass is 10.1. The minimum absolute atomic E-state index is 0.0525. The molecule has 3 N–H and O–H groups in total. The predicted octanol–water partition coefficient (Wildman–Crippen LogP) is 1.00. The second kappa shape index (κ2) is 7.63. The molecular weight excluding hydrogens is 228 g/mol. The Labute approximate surface area is 108 Å². The Bertz CT molecular complexity index is 379. The first-order chi connectivity index (χ1) is 8.69. The maximum atomic E-state index is 11.7. The van der Waals surface area contributed by atoms with Gasteiger partial charge in [0.15, 0.2) is 0 Å². The first-order valence-electron chi connectivity index (χ1n) is 5.99. The van der Waals surface area contributed by atoms with Crippen LogP contribution in [0.1, 0.15) is 18.5 Å². The van der Waals surface area contributed by atoms with Crippen LogP contribution in [0.25, 0.3) is 0 Å². The fourth-order valence-electron chi connectivity index (χ4n) is 1.64. The quantitative estimate of drug-likeness (QED) is 0.631. The van der Waals surface area contributed by atoms with Crippen LogP contribution in [0.4, 0.5) is 0 Å². The molecule has 4 nitrogen and oxygen atoms in total. The van der Waals surface area contributed by atoms with Gasteiger partial charge in [0, 0.05) is 6.54 Å². The highest BCUT2D eigenvalue weighted by Gasteiger charge is 2.17. The van der Waals surface area contributed by atoms with Crippen molar-refractivity contribution in [1.29, 1.82) is 0 Å². The Morgan fingerprint density at radius 2 is 2.11 bits per heavy atom. The molecule has 0 heterocycles. The summed E-state index contributed by atoms with van der Waals surface area (Å²) >= 11 is 0. The third-order valence-electron chi connectivity index (χ3n) is 2.65. The van der Waals surface area contributed by atoms with E-state index in [4.69, 9.17) is 0 Å². The molecule has 2 unspecified atom stereocenters. The lowest BCUT2D eigenvalue weighted by molar-refractivity contribution is -0.122. The van der Waals surface area contributed by atoms with E-state index in [0.717, 1.165) is 5.56 Å². The van der Waals surface area contributed by atoms with E-state index in [1.807, 2.05) is 30.3 Å². The molecular formula is C14H20N2O2. The zero-order valence-electron chi connectivity index (χ0n) is 10.6. The van der Waals surface area contributed by atoms with Crippen molar-refractivity contribution in [3.05, 3.63) is 48.6 Å². The van der Waals surface area contributed by atoms with Crippen molar-refractivity contribution in [3.8, 4) is 0 Å². The van der Waals surface area contributed by atoms with E-state index in [1.165, 1.54) is 0 Å². The number of amides is 1. The molecule has 1 aromatic rings. The number of aliphatic hydroxyl groups is 1. The Morgan fingerprint density at radius 3 is 2.67 bits per heavy atom. The average molecular weight is 248 g/mol. The van der Waals surface area contributed by atoms with Crippen molar-refractivity contribution in [1.82, 2.24) is 10.6 Å². The Hall–Kier alpha value is -1.65. The van der Waals surface area contributed by atoms with Crippen molar-refractivity contribution in [3.63, 3.8) is 0 Å². The maximum Gasteiger partial charge on any atom is 0.237 e. The number of nitrogens with one attached hydrogen (secondary N) is 2. The summed E-state index contributed by atoms with van der Waals surface area (Å²) in [7, 11) is 0. The zero-order chi connectivity index (χ0) is 13.4. The molecule has 18 heavy (non-hydrogen) atoms. The summed E-state index contributed by atoms with van der Waals surface area (Å²) in [6.07, 6.45) is 1.63. The van der Waals surface area contributed by atoms with Gasteiger partial charge in [-0.1, -0.05) is 36.4 Å². The number of carbonyl (C=O) groups is 1. The van der Waals surface area contributed by atoms with Crippen molar-refractivity contribution >= 4 is 5.91 Å². The van der Waals surface area contributed by atoms with Crippen molar-refractivity contribution in [2.45, 2.75) is 19.0 Å². The van der Waals surface area contributed by atoms with Crippen molar-refractivity contribution in [2.24, 2.45) is 0 Å². The summed E-state index contributed by atoms with van der Waals surface area (Å²) in [5, 5.41) is 15.2. The third kappa shape index (κ3) is 4.31. The largest absolute Gasteiger partial charge is 0.394 e. The van der Waals surface area contributed by atoms with Crippen LogP contribution >= 0.6 is 0 Å². The summed E-state index contributed by atoms with van der Waals surface area (Å²) in [5.41, 5.74) is 0.961. The second-order valence-electron chi connectivity index (χ2n) is 4.07. The Kier molecular flexibility index (Phi) is 6.11. The maximum absolute atomic E-state index is 11.7. The van der Waals surface area contributed by atoms with Gasteiger partial charge in [0.1, 0.15) is 0 Å². The number of hydrogen-bond donors (Lipinski definition) is 3. The van der Waals surface area contributed by atoms with Crippen molar-refractivity contribution < 1.29 is 9.90 Å². The van der Waals surface area contributed by atoms with Crippen LogP contribution in [0.2, 0.25) is 0 Å². The van der Waals surface area contributed by atoms with Gasteiger partial charge >= 0.3 is 0 Å². The average Bonchev–Trinajstić information content (AvgIpc) is 2.42. The van der Waals surface area contributed by atoms with Gasteiger partial charge in [0.25, 0.3) is 0 Å². The van der Waals surface area contributed by atoms with Gasteiger partial charge in [-0.15, -0.1) is 6.58 Å². The molecule has 0 bridgehead atoms. The molecule has 2 atom stereocenters. The van der Waals surface area contributed by atoms with E-state index in [9.17, 15) is 9.90 Å². The Balaban J connectivity index is 2.58. The van der Waals surface area contributed by atoms with Crippen molar-refractivity contribution in [2.75, 3.05) is 13.2 Å². The molecule has 0 fully saturated rings. The summed E-state index contributed by atoms with van der Waals surface area (Å²) in [6, 6.07) is 8.95. The molecule has 0 aliphatic rings. The van der Waals surface area contributed by atoms with E-state index in [1.54, 1.807) is 13.0 Å². The number of hydrogen-bond acceptors (Lipinski definition) is 3. The fourth-order valence-corrected chi connectivity index (χ4v) is 1.64. The lowest BCUT2D eigenvalue weighted by Gasteiger charge is -2.21. The molecule has 0 radical (unpaired) electrons. The second-order valence-corrected chi connectivity index (χ2v) is 4.07. The van der Waals surface area contributed by atoms with Gasteiger partial charge in [-0.3, -0.25) is 10.1 Å². The number of carbonyl (C=O) groups excluding carboxylic acids is 1. The third-order valence-corrected chi connectivity index (χ3v) is 2.65. The van der Waals surface area contributed by atoms with Crippen LogP contribution in [0.3, 0.4) is 0 Å². The highest BCUT2D eigenvalue weighted by molar-refractivity contribution is 5.81. The van der Waals surface area contributed by atoms with E-state index < -0.39 is 0 Å². The highest BCUT2D eigenvalue weighted by atomic mass is 16.3. The summed E-state index contributed by atoms with van der Waals surface area (Å²) in [4.78, 5) is 11.7. The van der Waals surface area contributed by atoms with Gasteiger partial charge < -0.3 is 10.4 Å². The summed E-state index contributed by atoms with van der Waals surface area (Å²) in [5.74, 6) is -0.107. The fraction of sp³-hybridized carbons (Fsp3) is 0.357. The molecule has 0 aromatic heterocycles. The molecule has 0 aliphatic carbocycles. The van der Waals surface area contributed by atoms with Gasteiger partial charge in [0.05, 0.1) is 18.7 Å². The molecule has 1 amide bonds. The monoisotopic (exact) mass is 248 g/mol. The minimum Gasteiger partial charge on any atom is -0.394 e. The normalized spacial score (nSPS) is 13.7. The molecule has 1 aromatic carbocycles. The van der Waals surface area contributed by atoms with Gasteiger partial charge in [-0.25, -0.2) is 0 Å². The van der Waals surface area contributed by atoms with Gasteiger partial charge in [-0.05, 0) is 12.5 Å². The smallest absolute Gasteiger partial charge is 0.237 e. The first-order valence-corrected chi connectivity index (χ1v) is 5.99. The zero-order valence-corrected chi connectivity index (χ0v) is 10.6. The molecule has 0 saturated carbocycles. The highest BCUT2D eigenvalue weighted by Crippen LogP contribution is 2.12. The van der Waals surface area contributed by atoms with E-state index in [-0.39, 0.29) is 24.6 Å². The van der Waals surface area contributed by atoms with E-state index in [2.05, 4.69) is 17.2 Å². The number of rotatable bonds is 7. The van der Waals surface area contributed by atoms with Crippen LogP contribution in [-0.4, -0.2) is 30.2 Å². The summed E-state index contributed by atoms with van der Waals surface area (Å²) in [6.45, 7) is 5.70. The van der Waals surface area contributed by atoms with E-state index >= 15 is 0 Å². The minimum atomic E-state index is -0.373. The van der Waals surface area contributed by atoms with Crippen LogP contribution < -0.4 is 10.6 Å². The predicted molar refractivity (Wildman–Crippen MR) is 72.1 cm³/mol. The van der Waals surface area contributed by atoms with Crippen LogP contribution in [-0.2, 0) is 4.79 Å². The Morgan fingerprint density at radius 1 is 1.44 bits per heavy atom. The van der Waals surface area contributed by atoms with Gasteiger partial charge in [0.2, 0.25) is 5.91 Å². The molecule has 0 aliphatic heterocycles. The standard InChI is InChI=1S/C14H20N2O2/c1-3-9-15-14(18)11(2)16-13(10-17)12-7-5-4-6-8-12/h3-8,11,13,16-17H,1,9-10H2,2H3,(H,15,18).